The Hall–Kier alpha value is -1.90. The molecule has 20 heavy (non-hydrogen) atoms. The fourth-order valence-corrected chi connectivity index (χ4v) is 2.64. The number of halogens is 2. The molecule has 4 nitrogen and oxygen atoms in total. The van der Waals surface area contributed by atoms with Crippen LogP contribution in [0.1, 0.15) is 11.4 Å². The third-order valence-electron chi connectivity index (χ3n) is 2.92. The minimum atomic E-state index is 0.247. The van der Waals surface area contributed by atoms with Gasteiger partial charge in [-0.15, -0.1) is 11.6 Å². The van der Waals surface area contributed by atoms with Gasteiger partial charge in [0.2, 0.25) is 0 Å². The van der Waals surface area contributed by atoms with E-state index in [1.165, 1.54) is 0 Å². The molecule has 0 aliphatic carbocycles. The highest BCUT2D eigenvalue weighted by Gasteiger charge is 2.15. The molecule has 3 rings (SSSR count). The second-order valence-corrected chi connectivity index (χ2v) is 5.30. The van der Waals surface area contributed by atoms with Crippen molar-refractivity contribution in [2.24, 2.45) is 0 Å². The summed E-state index contributed by atoms with van der Waals surface area (Å²) in [5.41, 5.74) is 2.72. The Morgan fingerprint density at radius 3 is 2.95 bits per heavy atom. The van der Waals surface area contributed by atoms with E-state index < -0.39 is 0 Å². The lowest BCUT2D eigenvalue weighted by molar-refractivity contribution is 0.965. The van der Waals surface area contributed by atoms with Crippen molar-refractivity contribution >= 4 is 38.7 Å². The van der Waals surface area contributed by atoms with E-state index in [1.807, 2.05) is 28.8 Å². The minimum Gasteiger partial charge on any atom is -0.278 e. The molecule has 0 radical (unpaired) electrons. The predicted molar refractivity (Wildman–Crippen MR) is 80.8 cm³/mol. The van der Waals surface area contributed by atoms with E-state index in [4.69, 9.17) is 11.6 Å². The Morgan fingerprint density at radius 2 is 2.20 bits per heavy atom. The highest BCUT2D eigenvalue weighted by molar-refractivity contribution is 9.10. The number of aromatic nitrogens is 3. The van der Waals surface area contributed by atoms with Gasteiger partial charge in [-0.2, -0.15) is 5.26 Å². The van der Waals surface area contributed by atoms with E-state index in [9.17, 15) is 5.26 Å². The van der Waals surface area contributed by atoms with Gasteiger partial charge in [0, 0.05) is 10.7 Å². The average molecular weight is 348 g/mol. The molecule has 0 bridgehead atoms. The van der Waals surface area contributed by atoms with Crippen molar-refractivity contribution < 1.29 is 0 Å². The maximum atomic E-state index is 9.32. The van der Waals surface area contributed by atoms with Crippen LogP contribution in [0.5, 0.6) is 0 Å². The second kappa shape index (κ2) is 5.23. The molecule has 98 valence electrons. The monoisotopic (exact) mass is 346 g/mol. The van der Waals surface area contributed by atoms with E-state index in [0.29, 0.717) is 17.0 Å². The van der Waals surface area contributed by atoms with E-state index in [1.54, 1.807) is 12.3 Å². The average Bonchev–Trinajstić information content (AvgIpc) is 2.85. The molecule has 0 spiro atoms. The summed E-state index contributed by atoms with van der Waals surface area (Å²) in [6, 6.07) is 11.4. The quantitative estimate of drug-likeness (QED) is 0.663. The summed E-state index contributed by atoms with van der Waals surface area (Å²) >= 11 is 9.35. The molecule has 6 heteroatoms. The third kappa shape index (κ3) is 2.07. The molecule has 0 aliphatic rings. The molecule has 3 aromatic rings. The SMILES string of the molecule is N#Cc1cc(Br)ccc1-n1c(CCl)nc2cccnc21. The van der Waals surface area contributed by atoms with E-state index in [2.05, 4.69) is 32.0 Å². The van der Waals surface area contributed by atoms with Crippen molar-refractivity contribution in [3.63, 3.8) is 0 Å². The smallest absolute Gasteiger partial charge is 0.164 e. The van der Waals surface area contributed by atoms with Gasteiger partial charge >= 0.3 is 0 Å². The first-order valence-electron chi connectivity index (χ1n) is 5.83. The number of hydrogen-bond acceptors (Lipinski definition) is 3. The number of hydrogen-bond donors (Lipinski definition) is 0. The lowest BCUT2D eigenvalue weighted by atomic mass is 10.2. The fourth-order valence-electron chi connectivity index (χ4n) is 2.09. The van der Waals surface area contributed by atoms with Gasteiger partial charge in [0.1, 0.15) is 17.4 Å². The van der Waals surface area contributed by atoms with Gasteiger partial charge in [-0.3, -0.25) is 4.57 Å². The number of imidazole rings is 1. The Morgan fingerprint density at radius 1 is 1.35 bits per heavy atom. The molecular formula is C14H8BrClN4. The summed E-state index contributed by atoms with van der Waals surface area (Å²) in [6.07, 6.45) is 1.70. The van der Waals surface area contributed by atoms with Gasteiger partial charge in [-0.1, -0.05) is 15.9 Å². The Labute approximate surface area is 128 Å². The van der Waals surface area contributed by atoms with Crippen LogP contribution in [0.2, 0.25) is 0 Å². The molecule has 2 heterocycles. The number of nitriles is 1. The van der Waals surface area contributed by atoms with Crippen molar-refractivity contribution in [1.82, 2.24) is 14.5 Å². The molecule has 0 saturated carbocycles. The maximum absolute atomic E-state index is 9.32. The van der Waals surface area contributed by atoms with Crippen molar-refractivity contribution in [3.8, 4) is 11.8 Å². The number of alkyl halides is 1. The van der Waals surface area contributed by atoms with E-state index in [0.717, 1.165) is 15.7 Å². The topological polar surface area (TPSA) is 54.5 Å². The third-order valence-corrected chi connectivity index (χ3v) is 3.66. The van der Waals surface area contributed by atoms with Gasteiger partial charge in [0.15, 0.2) is 5.65 Å². The van der Waals surface area contributed by atoms with Crippen LogP contribution in [-0.2, 0) is 5.88 Å². The second-order valence-electron chi connectivity index (χ2n) is 4.12. The van der Waals surface area contributed by atoms with Gasteiger partial charge in [0.05, 0.1) is 17.1 Å². The summed E-state index contributed by atoms with van der Waals surface area (Å²) < 4.78 is 2.68. The first-order valence-corrected chi connectivity index (χ1v) is 7.15. The van der Waals surface area contributed by atoms with E-state index >= 15 is 0 Å². The Kier molecular flexibility index (Phi) is 3.43. The van der Waals surface area contributed by atoms with Crippen LogP contribution in [0.25, 0.3) is 16.9 Å². The summed E-state index contributed by atoms with van der Waals surface area (Å²) in [6.45, 7) is 0. The molecule has 0 atom stereocenters. The number of rotatable bonds is 2. The first-order chi connectivity index (χ1) is 9.74. The van der Waals surface area contributed by atoms with Crippen molar-refractivity contribution in [2.45, 2.75) is 5.88 Å². The molecule has 0 aliphatic heterocycles. The summed E-state index contributed by atoms with van der Waals surface area (Å²) in [5, 5.41) is 9.32. The normalized spacial score (nSPS) is 10.7. The Balaban J connectivity index is 2.37. The summed E-state index contributed by atoms with van der Waals surface area (Å²) in [7, 11) is 0. The number of nitrogens with zero attached hydrogens (tertiary/aromatic N) is 4. The number of benzene rings is 1. The zero-order chi connectivity index (χ0) is 14.1. The van der Waals surface area contributed by atoms with Crippen molar-refractivity contribution in [3.05, 3.63) is 52.4 Å². The lowest BCUT2D eigenvalue weighted by Gasteiger charge is -2.09. The summed E-state index contributed by atoms with van der Waals surface area (Å²) in [5.74, 6) is 0.913. The Bertz CT molecular complexity index is 835. The molecule has 0 unspecified atom stereocenters. The highest BCUT2D eigenvalue weighted by atomic mass is 79.9. The van der Waals surface area contributed by atoms with Crippen LogP contribution in [-0.4, -0.2) is 14.5 Å². The zero-order valence-corrected chi connectivity index (χ0v) is 12.6. The van der Waals surface area contributed by atoms with Crippen LogP contribution in [0.15, 0.2) is 41.0 Å². The molecule has 0 amide bonds. The zero-order valence-electron chi connectivity index (χ0n) is 10.2. The largest absolute Gasteiger partial charge is 0.278 e. The van der Waals surface area contributed by atoms with Gasteiger partial charge in [-0.25, -0.2) is 9.97 Å². The summed E-state index contributed by atoms with van der Waals surface area (Å²) in [4.78, 5) is 8.80. The molecule has 2 aromatic heterocycles. The molecule has 1 aromatic carbocycles. The van der Waals surface area contributed by atoms with Gasteiger partial charge in [0.25, 0.3) is 0 Å². The van der Waals surface area contributed by atoms with Gasteiger partial charge < -0.3 is 0 Å². The van der Waals surface area contributed by atoms with Crippen LogP contribution in [0.3, 0.4) is 0 Å². The van der Waals surface area contributed by atoms with Crippen molar-refractivity contribution in [1.29, 1.82) is 5.26 Å². The fraction of sp³-hybridized carbons (Fsp3) is 0.0714. The minimum absolute atomic E-state index is 0.247. The standard InChI is InChI=1S/C14H8BrClN4/c15-10-3-4-12(9(6-10)8-17)20-13(7-16)19-11-2-1-5-18-14(11)20/h1-6H,7H2. The number of pyridine rings is 1. The van der Waals surface area contributed by atoms with Crippen LogP contribution >= 0.6 is 27.5 Å². The van der Waals surface area contributed by atoms with Crippen LogP contribution < -0.4 is 0 Å². The van der Waals surface area contributed by atoms with Crippen LogP contribution in [0.4, 0.5) is 0 Å². The molecule has 0 fully saturated rings. The molecule has 0 N–H and O–H groups in total. The number of fused-ring (bicyclic) bond motifs is 1. The predicted octanol–water partition coefficient (Wildman–Crippen LogP) is 3.79. The van der Waals surface area contributed by atoms with E-state index in [-0.39, 0.29) is 5.88 Å². The molecule has 0 saturated heterocycles. The lowest BCUT2D eigenvalue weighted by Crippen LogP contribution is -2.02. The van der Waals surface area contributed by atoms with Crippen molar-refractivity contribution in [2.75, 3.05) is 0 Å². The van der Waals surface area contributed by atoms with Gasteiger partial charge in [-0.05, 0) is 30.3 Å². The molecular weight excluding hydrogens is 340 g/mol. The van der Waals surface area contributed by atoms with Crippen LogP contribution in [0, 0.1) is 11.3 Å². The highest BCUT2D eigenvalue weighted by Crippen LogP contribution is 2.25. The first kappa shape index (κ1) is 13.1. The maximum Gasteiger partial charge on any atom is 0.164 e.